The molecular formula is C25H28IN5. The van der Waals surface area contributed by atoms with Crippen molar-refractivity contribution in [3.8, 4) is 0 Å². The Morgan fingerprint density at radius 3 is 2.03 bits per heavy atom. The number of nitrogens with zero attached hydrogens (tertiary/aromatic N) is 3. The minimum absolute atomic E-state index is 0. The number of para-hydroxylation sites is 2. The molecule has 1 aromatic heterocycles. The second kappa shape index (κ2) is 10.9. The molecule has 4 aromatic rings. The highest BCUT2D eigenvalue weighted by Gasteiger charge is 2.15. The topological polar surface area (TPSA) is 54.2 Å². The summed E-state index contributed by atoms with van der Waals surface area (Å²) < 4.78 is 2.12. The summed E-state index contributed by atoms with van der Waals surface area (Å²) in [4.78, 5) is 9.13. The van der Waals surface area contributed by atoms with Gasteiger partial charge in [-0.25, -0.2) is 4.98 Å². The number of rotatable bonds is 6. The minimum atomic E-state index is 0. The second-order valence-electron chi connectivity index (χ2n) is 7.26. The normalized spacial score (nSPS) is 11.4. The number of fused-ring (bicyclic) bond motifs is 1. The van der Waals surface area contributed by atoms with Gasteiger partial charge in [-0.1, -0.05) is 72.8 Å². The fraction of sp³-hybridized carbons (Fsp3) is 0.200. The molecule has 3 aromatic carbocycles. The van der Waals surface area contributed by atoms with Crippen LogP contribution < -0.4 is 10.6 Å². The maximum Gasteiger partial charge on any atom is 0.191 e. The lowest BCUT2D eigenvalue weighted by Gasteiger charge is -2.20. The maximum atomic E-state index is 4.73. The summed E-state index contributed by atoms with van der Waals surface area (Å²) in [6, 6.07) is 29.3. The SMILES string of the molecule is CN=C(NCc1nc2ccccc2n1C)NCC(c1ccccc1)c1ccccc1.I. The van der Waals surface area contributed by atoms with E-state index < -0.39 is 0 Å². The average molecular weight is 525 g/mol. The molecule has 0 amide bonds. The summed E-state index contributed by atoms with van der Waals surface area (Å²) in [6.45, 7) is 1.35. The van der Waals surface area contributed by atoms with E-state index in [0.717, 1.165) is 29.4 Å². The van der Waals surface area contributed by atoms with E-state index in [-0.39, 0.29) is 29.9 Å². The lowest BCUT2D eigenvalue weighted by Crippen LogP contribution is -2.39. The highest BCUT2D eigenvalue weighted by molar-refractivity contribution is 14.0. The predicted molar refractivity (Wildman–Crippen MR) is 139 cm³/mol. The van der Waals surface area contributed by atoms with Gasteiger partial charge in [0.25, 0.3) is 0 Å². The Bertz CT molecular complexity index is 1080. The Balaban J connectivity index is 0.00000272. The van der Waals surface area contributed by atoms with Crippen LogP contribution >= 0.6 is 24.0 Å². The van der Waals surface area contributed by atoms with Crippen molar-refractivity contribution in [3.63, 3.8) is 0 Å². The molecule has 0 spiro atoms. The zero-order valence-corrected chi connectivity index (χ0v) is 20.2. The lowest BCUT2D eigenvalue weighted by molar-refractivity contribution is 0.706. The molecule has 0 unspecified atom stereocenters. The largest absolute Gasteiger partial charge is 0.355 e. The van der Waals surface area contributed by atoms with E-state index in [9.17, 15) is 0 Å². The molecule has 31 heavy (non-hydrogen) atoms. The molecule has 2 N–H and O–H groups in total. The number of aromatic nitrogens is 2. The van der Waals surface area contributed by atoms with Gasteiger partial charge in [0.2, 0.25) is 0 Å². The molecule has 160 valence electrons. The number of hydrogen-bond donors (Lipinski definition) is 2. The highest BCUT2D eigenvalue weighted by atomic mass is 127. The smallest absolute Gasteiger partial charge is 0.191 e. The third-order valence-electron chi connectivity index (χ3n) is 5.39. The zero-order chi connectivity index (χ0) is 20.8. The second-order valence-corrected chi connectivity index (χ2v) is 7.26. The van der Waals surface area contributed by atoms with Crippen LogP contribution in [0.15, 0.2) is 89.9 Å². The summed E-state index contributed by atoms with van der Waals surface area (Å²) in [5.41, 5.74) is 4.70. The van der Waals surface area contributed by atoms with Crippen molar-refractivity contribution in [1.29, 1.82) is 0 Å². The first-order chi connectivity index (χ1) is 14.8. The van der Waals surface area contributed by atoms with Gasteiger partial charge in [0.1, 0.15) is 5.82 Å². The Hall–Kier alpha value is -2.87. The van der Waals surface area contributed by atoms with E-state index in [1.165, 1.54) is 11.1 Å². The number of imidazole rings is 1. The van der Waals surface area contributed by atoms with Crippen molar-refractivity contribution in [2.24, 2.45) is 12.0 Å². The highest BCUT2D eigenvalue weighted by Crippen LogP contribution is 2.23. The van der Waals surface area contributed by atoms with Crippen LogP contribution in [0.25, 0.3) is 11.0 Å². The number of halogens is 1. The zero-order valence-electron chi connectivity index (χ0n) is 17.8. The van der Waals surface area contributed by atoms with Crippen LogP contribution in [0.3, 0.4) is 0 Å². The summed E-state index contributed by atoms with van der Waals surface area (Å²) in [6.07, 6.45) is 0. The number of benzene rings is 3. The van der Waals surface area contributed by atoms with E-state index in [2.05, 4.69) is 86.9 Å². The third kappa shape index (κ3) is 5.44. The first-order valence-electron chi connectivity index (χ1n) is 10.2. The molecule has 0 aliphatic heterocycles. The lowest BCUT2D eigenvalue weighted by atomic mass is 9.91. The number of nitrogens with one attached hydrogen (secondary N) is 2. The van der Waals surface area contributed by atoms with Gasteiger partial charge in [0.05, 0.1) is 17.6 Å². The van der Waals surface area contributed by atoms with Crippen molar-refractivity contribution >= 4 is 41.0 Å². The Morgan fingerprint density at radius 1 is 0.871 bits per heavy atom. The molecule has 4 rings (SSSR count). The molecule has 0 radical (unpaired) electrons. The number of aryl methyl sites for hydroxylation is 1. The Kier molecular flexibility index (Phi) is 8.06. The van der Waals surface area contributed by atoms with Crippen LogP contribution in [0.1, 0.15) is 22.9 Å². The van der Waals surface area contributed by atoms with Crippen LogP contribution in [0.4, 0.5) is 0 Å². The number of guanidine groups is 1. The van der Waals surface area contributed by atoms with Crippen molar-refractivity contribution in [1.82, 2.24) is 20.2 Å². The standard InChI is InChI=1S/C25H27N5.HI/c1-26-25(28-18-24-29-22-15-9-10-16-23(22)30(24)2)27-17-21(19-11-5-3-6-12-19)20-13-7-4-8-14-20;/h3-16,21H,17-18H2,1-2H3,(H2,26,27,28);1H. The van der Waals surface area contributed by atoms with Gasteiger partial charge in [-0.05, 0) is 23.3 Å². The Labute approximate surface area is 200 Å². The van der Waals surface area contributed by atoms with Gasteiger partial charge < -0.3 is 15.2 Å². The number of aliphatic imine (C=N–C) groups is 1. The molecule has 5 nitrogen and oxygen atoms in total. The quantitative estimate of drug-likeness (QED) is 0.218. The summed E-state index contributed by atoms with van der Waals surface area (Å²) in [5, 5.41) is 6.89. The summed E-state index contributed by atoms with van der Waals surface area (Å²) >= 11 is 0. The van der Waals surface area contributed by atoms with Crippen molar-refractivity contribution in [2.75, 3.05) is 13.6 Å². The van der Waals surface area contributed by atoms with Gasteiger partial charge in [-0.2, -0.15) is 0 Å². The summed E-state index contributed by atoms with van der Waals surface area (Å²) in [5.74, 6) is 1.97. The first-order valence-corrected chi connectivity index (χ1v) is 10.2. The van der Waals surface area contributed by atoms with Crippen molar-refractivity contribution in [2.45, 2.75) is 12.5 Å². The van der Waals surface area contributed by atoms with E-state index in [4.69, 9.17) is 4.98 Å². The van der Waals surface area contributed by atoms with E-state index in [0.29, 0.717) is 6.54 Å². The number of hydrogen-bond acceptors (Lipinski definition) is 2. The van der Waals surface area contributed by atoms with Gasteiger partial charge in [0, 0.05) is 26.6 Å². The fourth-order valence-electron chi connectivity index (χ4n) is 3.73. The van der Waals surface area contributed by atoms with Gasteiger partial charge >= 0.3 is 0 Å². The molecule has 0 bridgehead atoms. The molecule has 0 fully saturated rings. The molecule has 0 atom stereocenters. The molecule has 1 heterocycles. The molecule has 6 heteroatoms. The van der Waals surface area contributed by atoms with Crippen molar-refractivity contribution in [3.05, 3.63) is 102 Å². The van der Waals surface area contributed by atoms with Crippen LogP contribution in [-0.4, -0.2) is 29.1 Å². The van der Waals surface area contributed by atoms with Crippen LogP contribution in [0.5, 0.6) is 0 Å². The van der Waals surface area contributed by atoms with E-state index in [1.54, 1.807) is 7.05 Å². The van der Waals surface area contributed by atoms with Crippen LogP contribution in [0, 0.1) is 0 Å². The van der Waals surface area contributed by atoms with Crippen LogP contribution in [0.2, 0.25) is 0 Å². The molecule has 0 aliphatic rings. The molecule has 0 saturated heterocycles. The van der Waals surface area contributed by atoms with E-state index in [1.807, 2.05) is 25.2 Å². The molecule has 0 aliphatic carbocycles. The van der Waals surface area contributed by atoms with Gasteiger partial charge in [0.15, 0.2) is 5.96 Å². The Morgan fingerprint density at radius 2 is 1.45 bits per heavy atom. The molecule has 0 saturated carbocycles. The fourth-order valence-corrected chi connectivity index (χ4v) is 3.73. The average Bonchev–Trinajstić information content (AvgIpc) is 3.13. The predicted octanol–water partition coefficient (Wildman–Crippen LogP) is 4.69. The van der Waals surface area contributed by atoms with E-state index >= 15 is 0 Å². The maximum absolute atomic E-state index is 4.73. The minimum Gasteiger partial charge on any atom is -0.355 e. The monoisotopic (exact) mass is 525 g/mol. The first kappa shape index (κ1) is 22.8. The summed E-state index contributed by atoms with van der Waals surface area (Å²) in [7, 11) is 3.84. The van der Waals surface area contributed by atoms with Crippen LogP contribution in [-0.2, 0) is 13.6 Å². The van der Waals surface area contributed by atoms with Gasteiger partial charge in [-0.15, -0.1) is 24.0 Å². The molecular weight excluding hydrogens is 497 g/mol. The van der Waals surface area contributed by atoms with Crippen molar-refractivity contribution < 1.29 is 0 Å². The van der Waals surface area contributed by atoms with Gasteiger partial charge in [-0.3, -0.25) is 4.99 Å². The third-order valence-corrected chi connectivity index (χ3v) is 5.39.